The lowest BCUT2D eigenvalue weighted by molar-refractivity contribution is 0.0964. The van der Waals surface area contributed by atoms with Crippen molar-refractivity contribution in [1.29, 1.82) is 0 Å². The molecule has 20 heavy (non-hydrogen) atoms. The van der Waals surface area contributed by atoms with E-state index in [4.69, 9.17) is 0 Å². The molecule has 0 aliphatic rings. The van der Waals surface area contributed by atoms with Crippen molar-refractivity contribution in [1.82, 2.24) is 9.55 Å². The van der Waals surface area contributed by atoms with Gasteiger partial charge in [0, 0.05) is 23.7 Å². The molecule has 0 radical (unpaired) electrons. The summed E-state index contributed by atoms with van der Waals surface area (Å²) in [5.74, 6) is -0.129. The first kappa shape index (κ1) is 14.4. The molecule has 0 saturated heterocycles. The zero-order chi connectivity index (χ0) is 14.5. The molecular weight excluding hydrogens is 270 g/mol. The molecule has 0 amide bonds. The minimum absolute atomic E-state index is 0.129. The van der Waals surface area contributed by atoms with Crippen LogP contribution in [0, 0.1) is 6.92 Å². The maximum atomic E-state index is 12.2. The van der Waals surface area contributed by atoms with Crippen molar-refractivity contribution >= 4 is 23.3 Å². The lowest BCUT2D eigenvalue weighted by atomic mass is 10.3. The first-order chi connectivity index (χ1) is 9.56. The number of carbonyl (C=O) groups excluding carboxylic acids is 1. The number of allylic oxidation sites excluding steroid dienone is 1. The van der Waals surface area contributed by atoms with Crippen LogP contribution in [0.4, 0.5) is 0 Å². The maximum Gasteiger partial charge on any atom is 0.256 e. The highest BCUT2D eigenvalue weighted by atomic mass is 32.1. The second kappa shape index (κ2) is 6.43. The fourth-order valence-corrected chi connectivity index (χ4v) is 2.26. The van der Waals surface area contributed by atoms with Crippen LogP contribution in [-0.2, 0) is 0 Å². The third-order valence-electron chi connectivity index (χ3n) is 2.50. The molecular formula is C15H17N3OS. The lowest BCUT2D eigenvalue weighted by Crippen LogP contribution is -2.26. The molecule has 0 N–H and O–H groups in total. The Bertz CT molecular complexity index is 695. The average Bonchev–Trinajstić information content (AvgIpc) is 2.82. The highest BCUT2D eigenvalue weighted by molar-refractivity contribution is 7.09. The summed E-state index contributed by atoms with van der Waals surface area (Å²) < 4.78 is 1.54. The Morgan fingerprint density at radius 3 is 2.90 bits per heavy atom. The summed E-state index contributed by atoms with van der Waals surface area (Å²) in [6.07, 6.45) is 4.97. The van der Waals surface area contributed by atoms with Gasteiger partial charge in [-0.25, -0.2) is 4.98 Å². The number of aryl methyl sites for hydroxylation is 1. The van der Waals surface area contributed by atoms with Crippen molar-refractivity contribution in [2.24, 2.45) is 4.99 Å². The first-order valence-corrected chi connectivity index (χ1v) is 7.30. The molecule has 0 bridgehead atoms. The SMILES string of the molecule is Cc1nc(/C=C\C(=O)n2ccccc2=NC(C)C)cs1. The molecule has 0 atom stereocenters. The zero-order valence-corrected chi connectivity index (χ0v) is 12.6. The van der Waals surface area contributed by atoms with Crippen molar-refractivity contribution in [3.8, 4) is 0 Å². The summed E-state index contributed by atoms with van der Waals surface area (Å²) in [6.45, 7) is 5.90. The van der Waals surface area contributed by atoms with Gasteiger partial charge in [-0.3, -0.25) is 14.4 Å². The van der Waals surface area contributed by atoms with Crippen molar-refractivity contribution in [3.05, 3.63) is 52.0 Å². The summed E-state index contributed by atoms with van der Waals surface area (Å²) in [5.41, 5.74) is 1.46. The minimum atomic E-state index is -0.129. The maximum absolute atomic E-state index is 12.2. The Morgan fingerprint density at radius 2 is 2.25 bits per heavy atom. The monoisotopic (exact) mass is 287 g/mol. The third kappa shape index (κ3) is 3.74. The number of hydrogen-bond acceptors (Lipinski definition) is 4. The summed E-state index contributed by atoms with van der Waals surface area (Å²) in [4.78, 5) is 20.9. The van der Waals surface area contributed by atoms with Crippen molar-refractivity contribution in [2.45, 2.75) is 26.8 Å². The molecule has 0 spiro atoms. The Kier molecular flexibility index (Phi) is 4.63. The number of rotatable bonds is 3. The second-order valence-electron chi connectivity index (χ2n) is 4.61. The van der Waals surface area contributed by atoms with Crippen LogP contribution in [-0.4, -0.2) is 21.5 Å². The van der Waals surface area contributed by atoms with Crippen LogP contribution in [0.15, 0.2) is 40.8 Å². The Balaban J connectivity index is 2.28. The van der Waals surface area contributed by atoms with Gasteiger partial charge in [0.05, 0.1) is 10.7 Å². The second-order valence-corrected chi connectivity index (χ2v) is 5.68. The minimum Gasteiger partial charge on any atom is -0.269 e. The van der Waals surface area contributed by atoms with Crippen LogP contribution < -0.4 is 5.49 Å². The van der Waals surface area contributed by atoms with Crippen LogP contribution in [0.25, 0.3) is 6.08 Å². The van der Waals surface area contributed by atoms with Crippen molar-refractivity contribution in [2.75, 3.05) is 0 Å². The van der Waals surface area contributed by atoms with Gasteiger partial charge in [0.2, 0.25) is 0 Å². The largest absolute Gasteiger partial charge is 0.269 e. The van der Waals surface area contributed by atoms with Crippen LogP contribution >= 0.6 is 11.3 Å². The number of pyridine rings is 1. The van der Waals surface area contributed by atoms with E-state index in [1.165, 1.54) is 10.6 Å². The van der Waals surface area contributed by atoms with Gasteiger partial charge >= 0.3 is 0 Å². The van der Waals surface area contributed by atoms with E-state index in [0.29, 0.717) is 5.49 Å². The highest BCUT2D eigenvalue weighted by Crippen LogP contribution is 2.09. The molecule has 2 rings (SSSR count). The van der Waals surface area contributed by atoms with E-state index in [1.54, 1.807) is 23.6 Å². The van der Waals surface area contributed by atoms with Crippen LogP contribution in [0.2, 0.25) is 0 Å². The van der Waals surface area contributed by atoms with Gasteiger partial charge in [-0.15, -0.1) is 11.3 Å². The fourth-order valence-electron chi connectivity index (χ4n) is 1.68. The summed E-state index contributed by atoms with van der Waals surface area (Å²) in [7, 11) is 0. The van der Waals surface area contributed by atoms with Crippen LogP contribution in [0.3, 0.4) is 0 Å². The van der Waals surface area contributed by atoms with Crippen LogP contribution in [0.1, 0.15) is 29.3 Å². The molecule has 2 aromatic rings. The molecule has 2 heterocycles. The fraction of sp³-hybridized carbons (Fsp3) is 0.267. The summed E-state index contributed by atoms with van der Waals surface area (Å²) >= 11 is 1.56. The molecule has 2 aromatic heterocycles. The standard InChI is InChI=1S/C15H17N3OS/c1-11(2)16-14-6-4-5-9-18(14)15(19)8-7-13-10-20-12(3)17-13/h4-11H,1-3H3/b8-7-,16-14?. The van der Waals surface area contributed by atoms with Gasteiger partial charge in [0.1, 0.15) is 5.49 Å². The molecule has 0 fully saturated rings. The van der Waals surface area contributed by atoms with E-state index in [2.05, 4.69) is 9.98 Å². The highest BCUT2D eigenvalue weighted by Gasteiger charge is 2.02. The van der Waals surface area contributed by atoms with E-state index in [1.807, 2.05) is 44.4 Å². The number of carbonyl (C=O) groups is 1. The average molecular weight is 287 g/mol. The molecule has 104 valence electrons. The number of aromatic nitrogens is 2. The Hall–Kier alpha value is -2.01. The lowest BCUT2D eigenvalue weighted by Gasteiger charge is -2.03. The number of hydrogen-bond donors (Lipinski definition) is 0. The van der Waals surface area contributed by atoms with Crippen molar-refractivity contribution < 1.29 is 4.79 Å². The molecule has 0 saturated carbocycles. The van der Waals surface area contributed by atoms with Gasteiger partial charge in [-0.05, 0) is 39.0 Å². The van der Waals surface area contributed by atoms with Crippen molar-refractivity contribution in [3.63, 3.8) is 0 Å². The van der Waals surface area contributed by atoms with E-state index in [-0.39, 0.29) is 11.9 Å². The predicted molar refractivity (Wildman–Crippen MR) is 81.6 cm³/mol. The van der Waals surface area contributed by atoms with E-state index >= 15 is 0 Å². The zero-order valence-electron chi connectivity index (χ0n) is 11.8. The number of nitrogens with zero attached hydrogens (tertiary/aromatic N) is 3. The first-order valence-electron chi connectivity index (χ1n) is 6.42. The molecule has 0 aliphatic carbocycles. The topological polar surface area (TPSA) is 47.2 Å². The van der Waals surface area contributed by atoms with E-state index < -0.39 is 0 Å². The van der Waals surface area contributed by atoms with Gasteiger partial charge in [-0.2, -0.15) is 0 Å². The third-order valence-corrected chi connectivity index (χ3v) is 3.29. The predicted octanol–water partition coefficient (Wildman–Crippen LogP) is 2.92. The Labute approximate surface area is 122 Å². The van der Waals surface area contributed by atoms with Gasteiger partial charge in [-0.1, -0.05) is 6.07 Å². The van der Waals surface area contributed by atoms with Crippen LogP contribution in [0.5, 0.6) is 0 Å². The molecule has 0 aromatic carbocycles. The molecule has 5 heteroatoms. The van der Waals surface area contributed by atoms with Gasteiger partial charge in [0.25, 0.3) is 5.91 Å². The number of thiazole rings is 1. The smallest absolute Gasteiger partial charge is 0.256 e. The Morgan fingerprint density at radius 1 is 1.45 bits per heavy atom. The molecule has 0 unspecified atom stereocenters. The summed E-state index contributed by atoms with van der Waals surface area (Å²) in [5, 5.41) is 2.91. The van der Waals surface area contributed by atoms with Gasteiger partial charge in [0.15, 0.2) is 0 Å². The molecule has 0 aliphatic heterocycles. The normalized spacial score (nSPS) is 12.5. The molecule has 4 nitrogen and oxygen atoms in total. The van der Waals surface area contributed by atoms with Gasteiger partial charge < -0.3 is 0 Å². The summed E-state index contributed by atoms with van der Waals surface area (Å²) in [6, 6.07) is 5.66. The van der Waals surface area contributed by atoms with E-state index in [0.717, 1.165) is 10.7 Å². The quantitative estimate of drug-likeness (QED) is 0.815. The van der Waals surface area contributed by atoms with E-state index in [9.17, 15) is 4.79 Å².